The number of hydrogen-bond acceptors (Lipinski definition) is 3. The summed E-state index contributed by atoms with van der Waals surface area (Å²) in [5.41, 5.74) is 0. The van der Waals surface area contributed by atoms with Crippen molar-refractivity contribution in [1.82, 2.24) is 4.98 Å². The smallest absolute Gasteiger partial charge is 1.00 e. The Morgan fingerprint density at radius 1 is 1.88 bits per heavy atom. The van der Waals surface area contributed by atoms with Crippen LogP contribution in [0.1, 0.15) is 1.43 Å². The molecule has 0 aliphatic carbocycles. The first kappa shape index (κ1) is 9.16. The minimum Gasteiger partial charge on any atom is -1.00 e. The van der Waals surface area contributed by atoms with Crippen molar-refractivity contribution in [3.05, 3.63) is 11.6 Å². The SMILES string of the molecule is INc1nccs1.[H-].[Na+]. The van der Waals surface area contributed by atoms with Gasteiger partial charge in [-0.1, -0.05) is 0 Å². The van der Waals surface area contributed by atoms with Gasteiger partial charge in [0.1, 0.15) is 0 Å². The maximum absolute atomic E-state index is 3.93. The fourth-order valence-electron chi connectivity index (χ4n) is 0.270. The van der Waals surface area contributed by atoms with Gasteiger partial charge in [0.15, 0.2) is 5.13 Å². The molecule has 1 aromatic rings. The van der Waals surface area contributed by atoms with E-state index in [1.165, 1.54) is 0 Å². The summed E-state index contributed by atoms with van der Waals surface area (Å²) >= 11 is 3.64. The maximum Gasteiger partial charge on any atom is 1.00 e. The molecule has 0 aliphatic heterocycles. The molecule has 0 atom stereocenters. The topological polar surface area (TPSA) is 24.9 Å². The van der Waals surface area contributed by atoms with Gasteiger partial charge in [-0.05, 0) is 0 Å². The summed E-state index contributed by atoms with van der Waals surface area (Å²) in [7, 11) is 0. The van der Waals surface area contributed by atoms with Crippen molar-refractivity contribution in [3.63, 3.8) is 0 Å². The van der Waals surface area contributed by atoms with E-state index in [0.717, 1.165) is 5.13 Å². The number of nitrogens with zero attached hydrogens (tertiary/aromatic N) is 1. The zero-order valence-electron chi connectivity index (χ0n) is 5.39. The minimum absolute atomic E-state index is 0. The first-order valence-corrected chi connectivity index (χ1v) is 3.65. The van der Waals surface area contributed by atoms with E-state index in [1.807, 2.05) is 28.2 Å². The number of thiazole rings is 1. The molecule has 5 heteroatoms. The molecule has 0 aliphatic rings. The Balaban J connectivity index is 0. The maximum atomic E-state index is 3.93. The third-order valence-electron chi connectivity index (χ3n) is 0.513. The average molecular weight is 250 g/mol. The Hall–Kier alpha value is 1.16. The fourth-order valence-corrected chi connectivity index (χ4v) is 1.21. The predicted octanol–water partition coefficient (Wildman–Crippen LogP) is -0.979. The van der Waals surface area contributed by atoms with Gasteiger partial charge in [0.25, 0.3) is 0 Å². The molecule has 0 saturated heterocycles. The summed E-state index contributed by atoms with van der Waals surface area (Å²) < 4.78 is 2.88. The molecule has 1 rings (SSSR count). The monoisotopic (exact) mass is 250 g/mol. The van der Waals surface area contributed by atoms with Crippen LogP contribution in [0.4, 0.5) is 5.13 Å². The molecule has 1 aromatic heterocycles. The number of aromatic nitrogens is 1. The van der Waals surface area contributed by atoms with Crippen molar-refractivity contribution >= 4 is 39.3 Å². The van der Waals surface area contributed by atoms with E-state index in [-0.39, 0.29) is 31.0 Å². The van der Waals surface area contributed by atoms with Crippen molar-refractivity contribution in [2.24, 2.45) is 0 Å². The van der Waals surface area contributed by atoms with Crippen LogP contribution in [0, 0.1) is 0 Å². The second kappa shape index (κ2) is 4.99. The number of halogens is 1. The normalized spacial score (nSPS) is 7.62. The van der Waals surface area contributed by atoms with E-state index < -0.39 is 0 Å². The summed E-state index contributed by atoms with van der Waals surface area (Å²) in [5, 5.41) is 2.89. The molecule has 0 amide bonds. The van der Waals surface area contributed by atoms with Crippen LogP contribution in [0.2, 0.25) is 0 Å². The molecule has 0 unspecified atom stereocenters. The summed E-state index contributed by atoms with van der Waals surface area (Å²) in [6, 6.07) is 0. The fraction of sp³-hybridized carbons (Fsp3) is 0. The molecule has 1 N–H and O–H groups in total. The quantitative estimate of drug-likeness (QED) is 0.394. The Kier molecular flexibility index (Phi) is 5.71. The van der Waals surface area contributed by atoms with Gasteiger partial charge in [-0.15, -0.1) is 11.3 Å². The third-order valence-corrected chi connectivity index (χ3v) is 2.08. The van der Waals surface area contributed by atoms with Gasteiger partial charge in [0.2, 0.25) is 0 Å². The van der Waals surface area contributed by atoms with E-state index >= 15 is 0 Å². The molecule has 40 valence electrons. The zero-order chi connectivity index (χ0) is 5.11. The minimum atomic E-state index is 0. The van der Waals surface area contributed by atoms with Crippen LogP contribution in [-0.2, 0) is 0 Å². The first-order valence-electron chi connectivity index (χ1n) is 1.69. The second-order valence-corrected chi connectivity index (χ2v) is 2.37. The van der Waals surface area contributed by atoms with Crippen LogP contribution in [-0.4, -0.2) is 4.98 Å². The van der Waals surface area contributed by atoms with Crippen LogP contribution in [0.3, 0.4) is 0 Å². The first-order chi connectivity index (χ1) is 3.43. The van der Waals surface area contributed by atoms with Gasteiger partial charge in [-0.25, -0.2) is 4.98 Å². The van der Waals surface area contributed by atoms with Crippen molar-refractivity contribution in [1.29, 1.82) is 0 Å². The number of nitrogens with one attached hydrogen (secondary N) is 1. The second-order valence-electron chi connectivity index (χ2n) is 0.932. The summed E-state index contributed by atoms with van der Waals surface area (Å²) in [5.74, 6) is 0. The van der Waals surface area contributed by atoms with Crippen LogP contribution in [0.5, 0.6) is 0 Å². The van der Waals surface area contributed by atoms with Crippen molar-refractivity contribution < 1.29 is 31.0 Å². The van der Waals surface area contributed by atoms with Crippen LogP contribution < -0.4 is 33.1 Å². The van der Waals surface area contributed by atoms with Gasteiger partial charge in [0.05, 0.1) is 22.9 Å². The molecule has 2 nitrogen and oxygen atoms in total. The molecule has 8 heavy (non-hydrogen) atoms. The summed E-state index contributed by atoms with van der Waals surface area (Å²) in [6.45, 7) is 0. The third kappa shape index (κ3) is 2.63. The van der Waals surface area contributed by atoms with E-state index in [1.54, 1.807) is 17.5 Å². The largest absolute Gasteiger partial charge is 1.00 e. The molecule has 0 spiro atoms. The van der Waals surface area contributed by atoms with E-state index in [4.69, 9.17) is 0 Å². The van der Waals surface area contributed by atoms with Gasteiger partial charge < -0.3 is 4.96 Å². The van der Waals surface area contributed by atoms with E-state index in [9.17, 15) is 0 Å². The molecule has 0 saturated carbocycles. The average Bonchev–Trinajstić information content (AvgIpc) is 2.14. The number of anilines is 1. The standard InChI is InChI=1S/C3H3IN2S.Na.H/c4-6-3-5-1-2-7-3;;/h1-2H,(H,5,6);;/q;+1;-1. The summed E-state index contributed by atoms with van der Waals surface area (Å²) in [6.07, 6.45) is 1.77. The van der Waals surface area contributed by atoms with Gasteiger partial charge >= 0.3 is 29.6 Å². The number of rotatable bonds is 1. The van der Waals surface area contributed by atoms with E-state index in [0.29, 0.717) is 0 Å². The van der Waals surface area contributed by atoms with Crippen molar-refractivity contribution in [2.75, 3.05) is 3.53 Å². The zero-order valence-corrected chi connectivity index (χ0v) is 9.36. The molecule has 0 fully saturated rings. The van der Waals surface area contributed by atoms with Gasteiger partial charge in [-0.2, -0.15) is 0 Å². The molecule has 1 heterocycles. The van der Waals surface area contributed by atoms with Gasteiger partial charge in [0, 0.05) is 11.6 Å². The van der Waals surface area contributed by atoms with Gasteiger partial charge in [-0.3, -0.25) is 0 Å². The Morgan fingerprint density at radius 2 is 2.62 bits per heavy atom. The van der Waals surface area contributed by atoms with Crippen LogP contribution >= 0.6 is 34.2 Å². The molecular formula is C3H4IN2NaS. The number of hydrogen-bond donors (Lipinski definition) is 1. The van der Waals surface area contributed by atoms with Crippen molar-refractivity contribution in [2.45, 2.75) is 0 Å². The molecule has 0 bridgehead atoms. The summed E-state index contributed by atoms with van der Waals surface area (Å²) in [4.78, 5) is 3.93. The van der Waals surface area contributed by atoms with E-state index in [2.05, 4.69) is 8.51 Å². The van der Waals surface area contributed by atoms with Crippen LogP contribution in [0.25, 0.3) is 0 Å². The predicted molar refractivity (Wildman–Crippen MR) is 40.9 cm³/mol. The Bertz CT molecular complexity index is 136. The van der Waals surface area contributed by atoms with Crippen molar-refractivity contribution in [3.8, 4) is 0 Å². The molecular weight excluding hydrogens is 246 g/mol. The molecule has 0 radical (unpaired) electrons. The Labute approximate surface area is 89.4 Å². The Morgan fingerprint density at radius 3 is 2.88 bits per heavy atom. The molecule has 0 aromatic carbocycles. The van der Waals surface area contributed by atoms with Crippen LogP contribution in [0.15, 0.2) is 11.6 Å².